The van der Waals surface area contributed by atoms with Crippen molar-refractivity contribution in [1.29, 1.82) is 0 Å². The van der Waals surface area contributed by atoms with Gasteiger partial charge in [0.15, 0.2) is 0 Å². The largest absolute Gasteiger partial charge is 0.350 e. The Morgan fingerprint density at radius 1 is 1.04 bits per heavy atom. The highest BCUT2D eigenvalue weighted by Crippen LogP contribution is 2.55. The molecule has 0 heterocycles. The monoisotopic (exact) mass is 358 g/mol. The summed E-state index contributed by atoms with van der Waals surface area (Å²) in [6, 6.07) is 7.66. The Morgan fingerprint density at radius 2 is 1.60 bits per heavy atom. The lowest BCUT2D eigenvalue weighted by Crippen LogP contribution is -2.60. The minimum absolute atomic E-state index is 0.0737. The van der Waals surface area contributed by atoms with E-state index in [1.54, 1.807) is 11.8 Å². The predicted octanol–water partition coefficient (Wildman–Crippen LogP) is 3.82. The molecule has 1 aromatic rings. The van der Waals surface area contributed by atoms with Crippen LogP contribution in [0.2, 0.25) is 0 Å². The zero-order valence-electron chi connectivity index (χ0n) is 14.7. The van der Waals surface area contributed by atoms with E-state index >= 15 is 0 Å². The molecule has 0 radical (unpaired) electrons. The minimum Gasteiger partial charge on any atom is -0.350 e. The summed E-state index contributed by atoms with van der Waals surface area (Å²) in [6.07, 6.45) is 7.77. The summed E-state index contributed by atoms with van der Waals surface area (Å²) in [5.41, 5.74) is 0.886. The molecule has 2 amide bonds. The van der Waals surface area contributed by atoms with Crippen molar-refractivity contribution in [2.75, 3.05) is 11.1 Å². The second-order valence-electron chi connectivity index (χ2n) is 8.24. The Morgan fingerprint density at radius 3 is 2.12 bits per heavy atom. The number of carbonyl (C=O) groups excluding carboxylic acids is 2. The lowest BCUT2D eigenvalue weighted by Gasteiger charge is -2.56. The topological polar surface area (TPSA) is 58.2 Å². The van der Waals surface area contributed by atoms with Gasteiger partial charge in [-0.15, -0.1) is 11.8 Å². The van der Waals surface area contributed by atoms with Gasteiger partial charge in [0.25, 0.3) is 0 Å². The lowest BCUT2D eigenvalue weighted by molar-refractivity contribution is -0.124. The van der Waals surface area contributed by atoms with Crippen LogP contribution in [0, 0.1) is 17.8 Å². The van der Waals surface area contributed by atoms with E-state index in [9.17, 15) is 9.59 Å². The highest BCUT2D eigenvalue weighted by molar-refractivity contribution is 8.00. The minimum atomic E-state index is -0.0737. The van der Waals surface area contributed by atoms with E-state index in [-0.39, 0.29) is 17.4 Å². The van der Waals surface area contributed by atoms with Crippen molar-refractivity contribution < 1.29 is 9.59 Å². The quantitative estimate of drug-likeness (QED) is 0.787. The Bertz CT molecular complexity index is 635. The first kappa shape index (κ1) is 17.0. The third kappa shape index (κ3) is 3.86. The molecule has 4 fully saturated rings. The van der Waals surface area contributed by atoms with Crippen LogP contribution < -0.4 is 10.6 Å². The summed E-state index contributed by atoms with van der Waals surface area (Å²) in [5.74, 6) is 3.09. The molecule has 0 aromatic heterocycles. The van der Waals surface area contributed by atoms with Crippen LogP contribution in [-0.4, -0.2) is 23.1 Å². The van der Waals surface area contributed by atoms with Crippen LogP contribution in [0.4, 0.5) is 5.69 Å². The molecule has 1 aromatic carbocycles. The summed E-state index contributed by atoms with van der Waals surface area (Å²) < 4.78 is 0. The van der Waals surface area contributed by atoms with Crippen LogP contribution in [0.25, 0.3) is 0 Å². The van der Waals surface area contributed by atoms with Crippen LogP contribution in [0.1, 0.15) is 45.4 Å². The van der Waals surface area contributed by atoms with Crippen LogP contribution in [0.15, 0.2) is 29.2 Å². The van der Waals surface area contributed by atoms with Crippen LogP contribution >= 0.6 is 11.8 Å². The number of nitrogens with one attached hydrogen (secondary N) is 2. The molecule has 0 unspecified atom stereocenters. The first-order valence-corrected chi connectivity index (χ1v) is 10.3. The van der Waals surface area contributed by atoms with Crippen molar-refractivity contribution >= 4 is 29.3 Å². The standard InChI is InChI=1S/C20H26N2O2S/c1-13(23)21-17-2-4-18(5-3-17)25-12-19(24)22-20-9-14-6-15(10-20)8-16(7-14)11-20/h2-5,14-16H,6-12H2,1H3,(H,21,23)(H,22,24). The summed E-state index contributed by atoms with van der Waals surface area (Å²) >= 11 is 1.56. The molecule has 4 bridgehead atoms. The number of rotatable bonds is 5. The normalized spacial score (nSPS) is 32.4. The van der Waals surface area contributed by atoms with Crippen molar-refractivity contribution in [3.8, 4) is 0 Å². The highest BCUT2D eigenvalue weighted by Gasteiger charge is 2.51. The van der Waals surface area contributed by atoms with Gasteiger partial charge in [0, 0.05) is 23.0 Å². The SMILES string of the molecule is CC(=O)Nc1ccc(SCC(=O)NC23CC4CC(CC(C4)C2)C3)cc1. The first-order valence-electron chi connectivity index (χ1n) is 9.31. The van der Waals surface area contributed by atoms with Crippen LogP contribution in [0.5, 0.6) is 0 Å². The Labute approximate surface area is 153 Å². The Balaban J connectivity index is 1.30. The summed E-state index contributed by atoms with van der Waals surface area (Å²) in [4.78, 5) is 24.6. The molecule has 2 N–H and O–H groups in total. The molecule has 4 saturated carbocycles. The van der Waals surface area contributed by atoms with E-state index in [0.717, 1.165) is 28.3 Å². The van der Waals surface area contributed by atoms with Gasteiger partial charge in [0.1, 0.15) is 0 Å². The van der Waals surface area contributed by atoms with Gasteiger partial charge in [-0.3, -0.25) is 9.59 Å². The van der Waals surface area contributed by atoms with Gasteiger partial charge in [-0.1, -0.05) is 0 Å². The molecular formula is C20H26N2O2S. The van der Waals surface area contributed by atoms with Crippen LogP contribution in [0.3, 0.4) is 0 Å². The molecule has 0 saturated heterocycles. The number of hydrogen-bond acceptors (Lipinski definition) is 3. The van der Waals surface area contributed by atoms with E-state index in [0.29, 0.717) is 5.75 Å². The number of amides is 2. The van der Waals surface area contributed by atoms with Gasteiger partial charge < -0.3 is 10.6 Å². The molecule has 4 aliphatic rings. The van der Waals surface area contributed by atoms with Gasteiger partial charge in [0.2, 0.25) is 11.8 Å². The fraction of sp³-hybridized carbons (Fsp3) is 0.600. The summed E-state index contributed by atoms with van der Waals surface area (Å²) in [6.45, 7) is 1.50. The summed E-state index contributed by atoms with van der Waals surface area (Å²) in [7, 11) is 0. The average Bonchev–Trinajstić information content (AvgIpc) is 2.52. The third-order valence-corrected chi connectivity index (χ3v) is 7.00. The molecule has 0 aliphatic heterocycles. The molecule has 5 rings (SSSR count). The molecule has 25 heavy (non-hydrogen) atoms. The van der Waals surface area contributed by atoms with Gasteiger partial charge in [0.05, 0.1) is 5.75 Å². The molecule has 5 heteroatoms. The maximum atomic E-state index is 12.5. The lowest BCUT2D eigenvalue weighted by atomic mass is 9.53. The van der Waals surface area contributed by atoms with E-state index in [4.69, 9.17) is 0 Å². The fourth-order valence-corrected chi connectivity index (χ4v) is 6.28. The molecule has 4 nitrogen and oxygen atoms in total. The molecule has 4 aliphatic carbocycles. The number of carbonyl (C=O) groups is 2. The summed E-state index contributed by atoms with van der Waals surface area (Å²) in [5, 5.41) is 6.17. The molecule has 0 atom stereocenters. The van der Waals surface area contributed by atoms with E-state index < -0.39 is 0 Å². The van der Waals surface area contributed by atoms with Crippen molar-refractivity contribution in [2.24, 2.45) is 17.8 Å². The average molecular weight is 359 g/mol. The zero-order valence-corrected chi connectivity index (χ0v) is 15.5. The third-order valence-electron chi connectivity index (χ3n) is 5.99. The van der Waals surface area contributed by atoms with Crippen molar-refractivity contribution in [3.05, 3.63) is 24.3 Å². The van der Waals surface area contributed by atoms with Gasteiger partial charge in [-0.05, 0) is 80.5 Å². The molecular weight excluding hydrogens is 332 g/mol. The Hall–Kier alpha value is -1.49. The molecule has 134 valence electrons. The maximum absolute atomic E-state index is 12.5. The van der Waals surface area contributed by atoms with Gasteiger partial charge in [-0.25, -0.2) is 0 Å². The maximum Gasteiger partial charge on any atom is 0.230 e. The fourth-order valence-electron chi connectivity index (χ4n) is 5.58. The number of thioether (sulfide) groups is 1. The van der Waals surface area contributed by atoms with Crippen LogP contribution in [-0.2, 0) is 9.59 Å². The number of anilines is 1. The van der Waals surface area contributed by atoms with E-state index in [1.807, 2.05) is 24.3 Å². The van der Waals surface area contributed by atoms with Crippen molar-refractivity contribution in [3.63, 3.8) is 0 Å². The van der Waals surface area contributed by atoms with Crippen molar-refractivity contribution in [1.82, 2.24) is 5.32 Å². The van der Waals surface area contributed by atoms with E-state index in [1.165, 1.54) is 45.4 Å². The van der Waals surface area contributed by atoms with Crippen molar-refractivity contribution in [2.45, 2.75) is 55.9 Å². The predicted molar refractivity (Wildman–Crippen MR) is 101 cm³/mol. The number of benzene rings is 1. The Kier molecular flexibility index (Phi) is 4.52. The number of hydrogen-bond donors (Lipinski definition) is 2. The van der Waals surface area contributed by atoms with Gasteiger partial charge >= 0.3 is 0 Å². The zero-order chi connectivity index (χ0) is 17.4. The second kappa shape index (κ2) is 6.67. The molecule has 0 spiro atoms. The first-order chi connectivity index (χ1) is 12.0. The second-order valence-corrected chi connectivity index (χ2v) is 9.29. The van der Waals surface area contributed by atoms with Gasteiger partial charge in [-0.2, -0.15) is 0 Å². The smallest absolute Gasteiger partial charge is 0.230 e. The highest BCUT2D eigenvalue weighted by atomic mass is 32.2. The van der Waals surface area contributed by atoms with E-state index in [2.05, 4.69) is 10.6 Å².